The summed E-state index contributed by atoms with van der Waals surface area (Å²) in [5, 5.41) is 9.68. The summed E-state index contributed by atoms with van der Waals surface area (Å²) in [5.74, 6) is 0.371. The second-order valence-corrected chi connectivity index (χ2v) is 7.53. The molecule has 1 aliphatic heterocycles. The van der Waals surface area contributed by atoms with Crippen molar-refractivity contribution >= 4 is 40.3 Å². The zero-order chi connectivity index (χ0) is 18.5. The Bertz CT molecular complexity index is 849. The van der Waals surface area contributed by atoms with Gasteiger partial charge in [0.2, 0.25) is 0 Å². The molecule has 4 nitrogen and oxygen atoms in total. The highest BCUT2D eigenvalue weighted by Gasteiger charge is 2.31. The lowest BCUT2D eigenvalue weighted by Gasteiger charge is -2.14. The summed E-state index contributed by atoms with van der Waals surface area (Å²) in [7, 11) is 1.49. The van der Waals surface area contributed by atoms with Crippen LogP contribution in [-0.4, -0.2) is 33.9 Å². The number of hydrogen-bond acceptors (Lipinski definition) is 5. The van der Waals surface area contributed by atoms with Crippen LogP contribution in [0.15, 0.2) is 53.4 Å². The SMILES string of the molecule is COc1cc(/C=C2\SC(=S)N(CCCc3ccccc3)C2=O)ccc1O. The van der Waals surface area contributed by atoms with Gasteiger partial charge < -0.3 is 9.84 Å². The van der Waals surface area contributed by atoms with E-state index in [0.717, 1.165) is 18.4 Å². The van der Waals surface area contributed by atoms with Gasteiger partial charge in [0.25, 0.3) is 5.91 Å². The molecule has 0 unspecified atom stereocenters. The van der Waals surface area contributed by atoms with Crippen molar-refractivity contribution in [3.8, 4) is 11.5 Å². The molecule has 2 aromatic rings. The number of ether oxygens (including phenoxy) is 1. The molecule has 0 bridgehead atoms. The van der Waals surface area contributed by atoms with Gasteiger partial charge in [-0.25, -0.2) is 0 Å². The highest BCUT2D eigenvalue weighted by Crippen LogP contribution is 2.34. The third kappa shape index (κ3) is 4.26. The fourth-order valence-corrected chi connectivity index (χ4v) is 4.02. The van der Waals surface area contributed by atoms with E-state index >= 15 is 0 Å². The molecule has 1 aliphatic rings. The number of hydrogen-bond donors (Lipinski definition) is 1. The first-order valence-corrected chi connectivity index (χ1v) is 9.47. The Hall–Kier alpha value is -2.31. The Balaban J connectivity index is 1.66. The third-order valence-electron chi connectivity index (χ3n) is 4.07. The van der Waals surface area contributed by atoms with Gasteiger partial charge in [0, 0.05) is 6.54 Å². The molecule has 134 valence electrons. The predicted molar refractivity (Wildman–Crippen MR) is 109 cm³/mol. The minimum atomic E-state index is -0.0693. The number of thioether (sulfide) groups is 1. The number of benzene rings is 2. The fourth-order valence-electron chi connectivity index (χ4n) is 2.71. The van der Waals surface area contributed by atoms with Crippen molar-refractivity contribution in [1.82, 2.24) is 4.90 Å². The van der Waals surface area contributed by atoms with Crippen molar-refractivity contribution in [3.05, 3.63) is 64.6 Å². The summed E-state index contributed by atoms with van der Waals surface area (Å²) >= 11 is 6.68. The van der Waals surface area contributed by atoms with Crippen molar-refractivity contribution in [1.29, 1.82) is 0 Å². The number of carbonyl (C=O) groups excluding carboxylic acids is 1. The van der Waals surface area contributed by atoms with Crippen LogP contribution in [0, 0.1) is 0 Å². The summed E-state index contributed by atoms with van der Waals surface area (Å²) in [6, 6.07) is 15.2. The second kappa shape index (κ2) is 8.38. The molecule has 0 aliphatic carbocycles. The topological polar surface area (TPSA) is 49.8 Å². The minimum Gasteiger partial charge on any atom is -0.504 e. The van der Waals surface area contributed by atoms with Crippen molar-refractivity contribution in [2.45, 2.75) is 12.8 Å². The first-order chi connectivity index (χ1) is 12.6. The van der Waals surface area contributed by atoms with Crippen LogP contribution in [-0.2, 0) is 11.2 Å². The normalized spacial score (nSPS) is 15.7. The number of aryl methyl sites for hydroxylation is 1. The molecule has 0 atom stereocenters. The molecule has 1 heterocycles. The van der Waals surface area contributed by atoms with Crippen LogP contribution in [0.4, 0.5) is 0 Å². The maximum Gasteiger partial charge on any atom is 0.266 e. The summed E-state index contributed by atoms with van der Waals surface area (Å²) in [6.45, 7) is 0.607. The zero-order valence-electron chi connectivity index (χ0n) is 14.3. The van der Waals surface area contributed by atoms with E-state index in [1.54, 1.807) is 29.2 Å². The quantitative estimate of drug-likeness (QED) is 0.596. The molecule has 26 heavy (non-hydrogen) atoms. The maximum atomic E-state index is 12.7. The van der Waals surface area contributed by atoms with E-state index in [1.165, 1.54) is 24.4 Å². The van der Waals surface area contributed by atoms with Crippen LogP contribution in [0.1, 0.15) is 17.5 Å². The first-order valence-electron chi connectivity index (χ1n) is 8.25. The molecular formula is C20H19NO3S2. The smallest absolute Gasteiger partial charge is 0.266 e. The molecule has 1 fully saturated rings. The average Bonchev–Trinajstić information content (AvgIpc) is 2.91. The highest BCUT2D eigenvalue weighted by atomic mass is 32.2. The molecular weight excluding hydrogens is 366 g/mol. The maximum absolute atomic E-state index is 12.7. The van der Waals surface area contributed by atoms with Gasteiger partial charge in [-0.2, -0.15) is 0 Å². The van der Waals surface area contributed by atoms with Gasteiger partial charge >= 0.3 is 0 Å². The molecule has 0 spiro atoms. The molecule has 1 N–H and O–H groups in total. The number of carbonyl (C=O) groups is 1. The molecule has 0 saturated carbocycles. The zero-order valence-corrected chi connectivity index (χ0v) is 16.0. The van der Waals surface area contributed by atoms with Crippen molar-refractivity contribution in [2.75, 3.05) is 13.7 Å². The second-order valence-electron chi connectivity index (χ2n) is 5.85. The minimum absolute atomic E-state index is 0.0677. The van der Waals surface area contributed by atoms with Crippen LogP contribution in [0.2, 0.25) is 0 Å². The molecule has 0 aromatic heterocycles. The highest BCUT2D eigenvalue weighted by molar-refractivity contribution is 8.26. The van der Waals surface area contributed by atoms with Gasteiger partial charge in [0.05, 0.1) is 12.0 Å². The summed E-state index contributed by atoms with van der Waals surface area (Å²) in [6.07, 6.45) is 3.54. The first kappa shape index (κ1) is 18.5. The average molecular weight is 386 g/mol. The third-order valence-corrected chi connectivity index (χ3v) is 5.44. The van der Waals surface area contributed by atoms with Crippen LogP contribution in [0.25, 0.3) is 6.08 Å². The fraction of sp³-hybridized carbons (Fsp3) is 0.200. The van der Waals surface area contributed by atoms with E-state index in [0.29, 0.717) is 21.5 Å². The number of aromatic hydroxyl groups is 1. The van der Waals surface area contributed by atoms with Gasteiger partial charge in [-0.05, 0) is 42.2 Å². The largest absolute Gasteiger partial charge is 0.504 e. The molecule has 0 radical (unpaired) electrons. The molecule has 3 rings (SSSR count). The van der Waals surface area contributed by atoms with Crippen molar-refractivity contribution < 1.29 is 14.6 Å². The van der Waals surface area contributed by atoms with E-state index in [-0.39, 0.29) is 11.7 Å². The number of nitrogens with zero attached hydrogens (tertiary/aromatic N) is 1. The van der Waals surface area contributed by atoms with Crippen LogP contribution < -0.4 is 4.74 Å². The number of thiocarbonyl (C=S) groups is 1. The number of phenolic OH excluding ortho intramolecular Hbond substituents is 1. The van der Waals surface area contributed by atoms with E-state index in [2.05, 4.69) is 12.1 Å². The van der Waals surface area contributed by atoms with E-state index < -0.39 is 0 Å². The number of phenols is 1. The standard InChI is InChI=1S/C20H19NO3S2/c1-24-17-12-15(9-10-16(17)22)13-18-19(23)21(20(25)26-18)11-5-8-14-6-3-2-4-7-14/h2-4,6-7,9-10,12-13,22H,5,8,11H2,1H3/b18-13-. The lowest BCUT2D eigenvalue weighted by molar-refractivity contribution is -0.122. The van der Waals surface area contributed by atoms with E-state index in [1.807, 2.05) is 18.2 Å². The van der Waals surface area contributed by atoms with Crippen LogP contribution in [0.5, 0.6) is 11.5 Å². The van der Waals surface area contributed by atoms with Gasteiger partial charge in [-0.3, -0.25) is 9.69 Å². The summed E-state index contributed by atoms with van der Waals surface area (Å²) in [5.41, 5.74) is 2.04. The molecule has 1 amide bonds. The Morgan fingerprint density at radius 2 is 2.00 bits per heavy atom. The monoisotopic (exact) mass is 385 g/mol. The Labute approximate surface area is 162 Å². The molecule has 6 heteroatoms. The summed E-state index contributed by atoms with van der Waals surface area (Å²) < 4.78 is 5.69. The van der Waals surface area contributed by atoms with Crippen LogP contribution >= 0.6 is 24.0 Å². The van der Waals surface area contributed by atoms with Gasteiger partial charge in [0.15, 0.2) is 11.5 Å². The summed E-state index contributed by atoms with van der Waals surface area (Å²) in [4.78, 5) is 14.9. The Kier molecular flexibility index (Phi) is 5.96. The lowest BCUT2D eigenvalue weighted by atomic mass is 10.1. The Morgan fingerprint density at radius 1 is 1.23 bits per heavy atom. The molecule has 1 saturated heterocycles. The molecule has 2 aromatic carbocycles. The van der Waals surface area contributed by atoms with Crippen molar-refractivity contribution in [2.24, 2.45) is 0 Å². The van der Waals surface area contributed by atoms with Crippen LogP contribution in [0.3, 0.4) is 0 Å². The number of rotatable bonds is 6. The number of methoxy groups -OCH3 is 1. The van der Waals surface area contributed by atoms with Crippen molar-refractivity contribution in [3.63, 3.8) is 0 Å². The lowest BCUT2D eigenvalue weighted by Crippen LogP contribution is -2.29. The van der Waals surface area contributed by atoms with E-state index in [4.69, 9.17) is 17.0 Å². The van der Waals surface area contributed by atoms with Gasteiger partial charge in [0.1, 0.15) is 4.32 Å². The predicted octanol–water partition coefficient (Wildman–Crippen LogP) is 4.23. The Morgan fingerprint density at radius 3 is 2.73 bits per heavy atom. The van der Waals surface area contributed by atoms with Gasteiger partial charge in [-0.1, -0.05) is 60.4 Å². The number of amides is 1. The van der Waals surface area contributed by atoms with E-state index in [9.17, 15) is 9.90 Å². The van der Waals surface area contributed by atoms with Gasteiger partial charge in [-0.15, -0.1) is 0 Å².